The van der Waals surface area contributed by atoms with Gasteiger partial charge in [-0.2, -0.15) is 4.31 Å². The van der Waals surface area contributed by atoms with Crippen molar-refractivity contribution in [3.8, 4) is 5.69 Å². The highest BCUT2D eigenvalue weighted by molar-refractivity contribution is 7.91. The van der Waals surface area contributed by atoms with Gasteiger partial charge in [-0.3, -0.25) is 4.79 Å². The van der Waals surface area contributed by atoms with Crippen LogP contribution in [0.15, 0.2) is 46.9 Å². The van der Waals surface area contributed by atoms with Crippen LogP contribution >= 0.6 is 11.3 Å². The third kappa shape index (κ3) is 4.34. The Labute approximate surface area is 171 Å². The molecular formula is C17H18N6O4S2. The van der Waals surface area contributed by atoms with Gasteiger partial charge in [0, 0.05) is 23.5 Å². The molecular weight excluding hydrogens is 416 g/mol. The number of benzene rings is 1. The van der Waals surface area contributed by atoms with E-state index in [1.807, 2.05) is 0 Å². The normalized spacial score (nSPS) is 15.3. The van der Waals surface area contributed by atoms with Crippen molar-refractivity contribution >= 4 is 27.3 Å². The van der Waals surface area contributed by atoms with E-state index < -0.39 is 10.0 Å². The lowest BCUT2D eigenvalue weighted by atomic mass is 10.2. The summed E-state index contributed by atoms with van der Waals surface area (Å²) in [5, 5.41) is 13.7. The van der Waals surface area contributed by atoms with Gasteiger partial charge in [-0.25, -0.2) is 13.1 Å². The molecule has 3 heterocycles. The molecule has 0 bridgehead atoms. The van der Waals surface area contributed by atoms with E-state index in [4.69, 9.17) is 4.74 Å². The lowest BCUT2D eigenvalue weighted by molar-refractivity contribution is 0.0731. The molecule has 0 spiro atoms. The third-order valence-electron chi connectivity index (χ3n) is 4.37. The monoisotopic (exact) mass is 434 g/mol. The van der Waals surface area contributed by atoms with Crippen molar-refractivity contribution in [2.24, 2.45) is 0 Å². The minimum atomic E-state index is -3.52. The summed E-state index contributed by atoms with van der Waals surface area (Å²) in [5.74, 6) is -0.251. The molecule has 3 aromatic rings. The average molecular weight is 435 g/mol. The SMILES string of the molecule is O=C(NCc1ccc(S(=O)(=O)N2CCOCC2)s1)c1ccc(-n2cnnn2)cc1. The van der Waals surface area contributed by atoms with Gasteiger partial charge >= 0.3 is 0 Å². The van der Waals surface area contributed by atoms with Gasteiger partial charge in [0.15, 0.2) is 0 Å². The molecule has 2 aromatic heterocycles. The third-order valence-corrected chi connectivity index (χ3v) is 7.82. The lowest BCUT2D eigenvalue weighted by Gasteiger charge is -2.25. The molecule has 152 valence electrons. The number of tetrazole rings is 1. The van der Waals surface area contributed by atoms with Crippen molar-refractivity contribution in [1.82, 2.24) is 29.8 Å². The fourth-order valence-corrected chi connectivity index (χ4v) is 5.68. The maximum atomic E-state index is 12.7. The standard InChI is InChI=1S/C17H18N6O4S2/c24-17(13-1-3-14(4-2-13)23-12-19-20-21-23)18-11-15-5-6-16(28-15)29(25,26)22-7-9-27-10-8-22/h1-6,12H,7-11H2,(H,18,24). The fourth-order valence-electron chi connectivity index (χ4n) is 2.82. The minimum Gasteiger partial charge on any atom is -0.379 e. The highest BCUT2D eigenvalue weighted by atomic mass is 32.2. The van der Waals surface area contributed by atoms with E-state index in [0.29, 0.717) is 31.9 Å². The highest BCUT2D eigenvalue weighted by Crippen LogP contribution is 2.25. The molecule has 0 aliphatic carbocycles. The fraction of sp³-hybridized carbons (Fsp3) is 0.294. The maximum Gasteiger partial charge on any atom is 0.252 e. The highest BCUT2D eigenvalue weighted by Gasteiger charge is 2.27. The zero-order valence-corrected chi connectivity index (χ0v) is 16.9. The second kappa shape index (κ2) is 8.37. The molecule has 1 aromatic carbocycles. The van der Waals surface area contributed by atoms with Gasteiger partial charge in [-0.15, -0.1) is 16.4 Å². The van der Waals surface area contributed by atoms with E-state index in [9.17, 15) is 13.2 Å². The first-order valence-electron chi connectivity index (χ1n) is 8.82. The summed E-state index contributed by atoms with van der Waals surface area (Å²) in [5.41, 5.74) is 1.22. The van der Waals surface area contributed by atoms with Crippen LogP contribution in [0, 0.1) is 0 Å². The van der Waals surface area contributed by atoms with Crippen LogP contribution in [-0.4, -0.2) is 65.1 Å². The number of hydrogen-bond acceptors (Lipinski definition) is 8. The van der Waals surface area contributed by atoms with Gasteiger partial charge in [-0.05, 0) is 46.8 Å². The number of ether oxygens (including phenoxy) is 1. The van der Waals surface area contributed by atoms with E-state index in [1.165, 1.54) is 15.3 Å². The van der Waals surface area contributed by atoms with Crippen LogP contribution in [0.25, 0.3) is 5.69 Å². The minimum absolute atomic E-state index is 0.247. The molecule has 12 heteroatoms. The lowest BCUT2D eigenvalue weighted by Crippen LogP contribution is -2.40. The molecule has 10 nitrogen and oxygen atoms in total. The molecule has 1 amide bonds. The second-order valence-electron chi connectivity index (χ2n) is 6.22. The Morgan fingerprint density at radius 2 is 1.90 bits per heavy atom. The molecule has 1 fully saturated rings. The summed E-state index contributed by atoms with van der Waals surface area (Å²) in [6.45, 7) is 1.76. The van der Waals surface area contributed by atoms with Crippen LogP contribution in [0.2, 0.25) is 0 Å². The van der Waals surface area contributed by atoms with Crippen LogP contribution in [0.1, 0.15) is 15.2 Å². The Hall–Kier alpha value is -2.67. The Morgan fingerprint density at radius 3 is 2.59 bits per heavy atom. The number of rotatable bonds is 6. The molecule has 0 atom stereocenters. The van der Waals surface area contributed by atoms with Crippen molar-refractivity contribution in [3.05, 3.63) is 53.2 Å². The Morgan fingerprint density at radius 1 is 1.14 bits per heavy atom. The predicted octanol–water partition coefficient (Wildman–Crippen LogP) is 0.675. The number of sulfonamides is 1. The molecule has 1 N–H and O–H groups in total. The maximum absolute atomic E-state index is 12.7. The Kier molecular flexibility index (Phi) is 5.67. The molecule has 0 saturated carbocycles. The molecule has 1 saturated heterocycles. The molecule has 0 radical (unpaired) electrons. The van der Waals surface area contributed by atoms with E-state index in [2.05, 4.69) is 20.8 Å². The number of nitrogens with zero attached hydrogens (tertiary/aromatic N) is 5. The van der Waals surface area contributed by atoms with E-state index in [0.717, 1.165) is 21.9 Å². The van der Waals surface area contributed by atoms with Crippen molar-refractivity contribution in [1.29, 1.82) is 0 Å². The molecule has 29 heavy (non-hydrogen) atoms. The van der Waals surface area contributed by atoms with Crippen LogP contribution < -0.4 is 5.32 Å². The first kappa shape index (κ1) is 19.6. The van der Waals surface area contributed by atoms with Gasteiger partial charge in [0.25, 0.3) is 15.9 Å². The first-order chi connectivity index (χ1) is 14.0. The van der Waals surface area contributed by atoms with Crippen molar-refractivity contribution in [3.63, 3.8) is 0 Å². The number of carbonyl (C=O) groups is 1. The summed E-state index contributed by atoms with van der Waals surface area (Å²) >= 11 is 1.16. The number of aromatic nitrogens is 4. The second-order valence-corrected chi connectivity index (χ2v) is 9.55. The van der Waals surface area contributed by atoms with E-state index in [-0.39, 0.29) is 16.7 Å². The van der Waals surface area contributed by atoms with Crippen molar-refractivity contribution in [2.75, 3.05) is 26.3 Å². The molecule has 1 aliphatic rings. The van der Waals surface area contributed by atoms with E-state index in [1.54, 1.807) is 36.4 Å². The van der Waals surface area contributed by atoms with Gasteiger partial charge in [0.2, 0.25) is 0 Å². The molecule has 1 aliphatic heterocycles. The largest absolute Gasteiger partial charge is 0.379 e. The summed E-state index contributed by atoms with van der Waals surface area (Å²) in [4.78, 5) is 13.1. The summed E-state index contributed by atoms with van der Waals surface area (Å²) in [6.07, 6.45) is 1.47. The summed E-state index contributed by atoms with van der Waals surface area (Å²) in [6, 6.07) is 10.1. The van der Waals surface area contributed by atoms with Crippen molar-refractivity contribution in [2.45, 2.75) is 10.8 Å². The average Bonchev–Trinajstić information content (AvgIpc) is 3.45. The topological polar surface area (TPSA) is 119 Å². The quantitative estimate of drug-likeness (QED) is 0.606. The smallest absolute Gasteiger partial charge is 0.252 e. The predicted molar refractivity (Wildman–Crippen MR) is 104 cm³/mol. The van der Waals surface area contributed by atoms with Crippen LogP contribution in [0.5, 0.6) is 0 Å². The molecule has 4 rings (SSSR count). The van der Waals surface area contributed by atoms with E-state index >= 15 is 0 Å². The number of carbonyl (C=O) groups excluding carboxylic acids is 1. The Bertz CT molecular complexity index is 1070. The summed E-state index contributed by atoms with van der Waals surface area (Å²) in [7, 11) is -3.52. The van der Waals surface area contributed by atoms with Crippen LogP contribution in [0.4, 0.5) is 0 Å². The Balaban J connectivity index is 1.37. The van der Waals surface area contributed by atoms with Gasteiger partial charge in [-0.1, -0.05) is 0 Å². The zero-order valence-electron chi connectivity index (χ0n) is 15.3. The number of hydrogen-bond donors (Lipinski definition) is 1. The van der Waals surface area contributed by atoms with Gasteiger partial charge < -0.3 is 10.1 Å². The van der Waals surface area contributed by atoms with Crippen LogP contribution in [0.3, 0.4) is 0 Å². The van der Waals surface area contributed by atoms with Gasteiger partial charge in [0.05, 0.1) is 25.4 Å². The van der Waals surface area contributed by atoms with Crippen molar-refractivity contribution < 1.29 is 17.9 Å². The first-order valence-corrected chi connectivity index (χ1v) is 11.1. The van der Waals surface area contributed by atoms with Gasteiger partial charge in [0.1, 0.15) is 10.5 Å². The number of thiophene rings is 1. The number of morpholine rings is 1. The van der Waals surface area contributed by atoms with Crippen LogP contribution in [-0.2, 0) is 21.3 Å². The molecule has 0 unspecified atom stereocenters. The number of nitrogens with one attached hydrogen (secondary N) is 1. The summed E-state index contributed by atoms with van der Waals surface area (Å²) < 4.78 is 33.7. The number of amides is 1. The zero-order chi connectivity index (χ0) is 20.3.